The van der Waals surface area contributed by atoms with Crippen LogP contribution in [0.5, 0.6) is 0 Å². The van der Waals surface area contributed by atoms with Crippen LogP contribution in [0.15, 0.2) is 0 Å². The number of aldehydes is 1. The van der Waals surface area contributed by atoms with E-state index in [1.807, 2.05) is 0 Å². The van der Waals surface area contributed by atoms with Crippen molar-refractivity contribution in [2.45, 2.75) is 0 Å². The van der Waals surface area contributed by atoms with Crippen molar-refractivity contribution in [2.75, 3.05) is 6.54 Å². The van der Waals surface area contributed by atoms with Gasteiger partial charge in [-0.1, -0.05) is 0 Å². The molecule has 0 fully saturated rings. The Balaban J connectivity index is 3.46. The highest BCUT2D eigenvalue weighted by Gasteiger charge is 2.00. The van der Waals surface area contributed by atoms with Crippen LogP contribution in [0.3, 0.4) is 0 Å². The zero-order valence-corrected chi connectivity index (χ0v) is 4.07. The van der Waals surface area contributed by atoms with E-state index in [-0.39, 0.29) is 11.6 Å². The maximum Gasteiger partial charge on any atom is 0.338 e. The Hall–Kier alpha value is -1.10. The third-order valence-corrected chi connectivity index (χ3v) is 0.502. The molecule has 0 aliphatic rings. The Morgan fingerprint density at radius 2 is 2.38 bits per heavy atom. The van der Waals surface area contributed by atoms with Crippen molar-refractivity contribution in [3.63, 3.8) is 0 Å². The molecular formula is C3H6N2O3. The molecule has 3 N–H and O–H groups in total. The fraction of sp³-hybridized carbons (Fsp3) is 0.333. The predicted molar refractivity (Wildman–Crippen MR) is 24.1 cm³/mol. The van der Waals surface area contributed by atoms with E-state index >= 15 is 0 Å². The second-order valence-corrected chi connectivity index (χ2v) is 1.09. The lowest BCUT2D eigenvalue weighted by atomic mass is 10.7. The van der Waals surface area contributed by atoms with Gasteiger partial charge in [-0.05, 0) is 0 Å². The number of amides is 2. The van der Waals surface area contributed by atoms with Crippen molar-refractivity contribution in [1.82, 2.24) is 5.06 Å². The summed E-state index contributed by atoms with van der Waals surface area (Å²) in [6.07, 6.45) is 0.366. The molecule has 0 aromatic carbocycles. The topological polar surface area (TPSA) is 83.6 Å². The summed E-state index contributed by atoms with van der Waals surface area (Å²) in [5, 5.41) is 8.37. The van der Waals surface area contributed by atoms with Crippen LogP contribution in [0.25, 0.3) is 0 Å². The van der Waals surface area contributed by atoms with E-state index in [0.717, 1.165) is 0 Å². The fourth-order valence-electron chi connectivity index (χ4n) is 0.161. The van der Waals surface area contributed by atoms with Gasteiger partial charge in [0.05, 0.1) is 0 Å². The summed E-state index contributed by atoms with van der Waals surface area (Å²) in [6, 6.07) is -1.03. The van der Waals surface area contributed by atoms with Crippen molar-refractivity contribution in [3.8, 4) is 0 Å². The molecule has 0 bridgehead atoms. The number of hydrogen-bond acceptors (Lipinski definition) is 3. The Labute approximate surface area is 45.6 Å². The lowest BCUT2D eigenvalue weighted by molar-refractivity contribution is -0.115. The number of carbonyl (C=O) groups excluding carboxylic acids is 2. The van der Waals surface area contributed by atoms with Gasteiger partial charge in [-0.25, -0.2) is 4.79 Å². The summed E-state index contributed by atoms with van der Waals surface area (Å²) < 4.78 is 0. The average molecular weight is 118 g/mol. The van der Waals surface area contributed by atoms with E-state index in [4.69, 9.17) is 5.21 Å². The van der Waals surface area contributed by atoms with Gasteiger partial charge in [-0.15, -0.1) is 0 Å². The van der Waals surface area contributed by atoms with E-state index in [1.165, 1.54) is 0 Å². The SMILES string of the molecule is NC(=O)N(O)CC=O. The molecule has 2 amide bonds. The molecule has 0 spiro atoms. The first-order valence-electron chi connectivity index (χ1n) is 1.88. The minimum Gasteiger partial charge on any atom is -0.350 e. The van der Waals surface area contributed by atoms with Crippen molar-refractivity contribution in [2.24, 2.45) is 5.73 Å². The zero-order chi connectivity index (χ0) is 6.57. The summed E-state index contributed by atoms with van der Waals surface area (Å²) >= 11 is 0. The number of nitrogens with two attached hydrogens (primary N) is 1. The number of hydrogen-bond donors (Lipinski definition) is 2. The van der Waals surface area contributed by atoms with Crippen LogP contribution >= 0.6 is 0 Å². The quantitative estimate of drug-likeness (QED) is 0.276. The molecule has 5 nitrogen and oxygen atoms in total. The summed E-state index contributed by atoms with van der Waals surface area (Å²) in [5.41, 5.74) is 4.50. The van der Waals surface area contributed by atoms with E-state index in [9.17, 15) is 9.59 Å². The molecule has 0 aromatic rings. The van der Waals surface area contributed by atoms with Crippen LogP contribution < -0.4 is 5.73 Å². The third kappa shape index (κ3) is 2.14. The smallest absolute Gasteiger partial charge is 0.338 e. The molecule has 0 atom stereocenters. The van der Waals surface area contributed by atoms with Crippen LogP contribution in [0.2, 0.25) is 0 Å². The monoisotopic (exact) mass is 118 g/mol. The van der Waals surface area contributed by atoms with Gasteiger partial charge in [0, 0.05) is 0 Å². The average Bonchev–Trinajstić information content (AvgIpc) is 1.67. The summed E-state index contributed by atoms with van der Waals surface area (Å²) in [7, 11) is 0. The minimum absolute atomic E-state index is 0.118. The van der Waals surface area contributed by atoms with Gasteiger partial charge >= 0.3 is 6.03 Å². The highest BCUT2D eigenvalue weighted by atomic mass is 16.5. The van der Waals surface area contributed by atoms with Gasteiger partial charge in [0.15, 0.2) is 0 Å². The lowest BCUT2D eigenvalue weighted by Crippen LogP contribution is -2.33. The van der Waals surface area contributed by atoms with Crippen LogP contribution in [0, 0.1) is 0 Å². The molecule has 0 aliphatic heterocycles. The van der Waals surface area contributed by atoms with Gasteiger partial charge in [-0.2, -0.15) is 5.06 Å². The summed E-state index contributed by atoms with van der Waals surface area (Å²) in [5.74, 6) is 0. The number of carbonyl (C=O) groups is 2. The first kappa shape index (κ1) is 6.90. The number of urea groups is 1. The number of hydroxylamine groups is 2. The highest BCUT2D eigenvalue weighted by molar-refractivity contribution is 5.73. The fourth-order valence-corrected chi connectivity index (χ4v) is 0.161. The van der Waals surface area contributed by atoms with Crippen LogP contribution in [0.4, 0.5) is 4.79 Å². The largest absolute Gasteiger partial charge is 0.350 e. The maximum atomic E-state index is 9.83. The second kappa shape index (κ2) is 2.98. The molecule has 0 rings (SSSR count). The van der Waals surface area contributed by atoms with Gasteiger partial charge in [-0.3, -0.25) is 5.21 Å². The predicted octanol–water partition coefficient (Wildman–Crippen LogP) is -1.04. The molecule has 0 heterocycles. The Kier molecular flexibility index (Phi) is 2.57. The molecule has 0 aliphatic carbocycles. The van der Waals surface area contributed by atoms with Crippen molar-refractivity contribution < 1.29 is 14.8 Å². The first-order chi connectivity index (χ1) is 3.68. The normalized spacial score (nSPS) is 8.12. The minimum atomic E-state index is -1.03. The summed E-state index contributed by atoms with van der Waals surface area (Å²) in [6.45, 7) is -0.380. The molecule has 8 heavy (non-hydrogen) atoms. The van der Waals surface area contributed by atoms with Crippen molar-refractivity contribution in [1.29, 1.82) is 0 Å². The Morgan fingerprint density at radius 1 is 1.88 bits per heavy atom. The molecule has 0 saturated carbocycles. The Bertz CT molecular complexity index is 103. The zero-order valence-electron chi connectivity index (χ0n) is 4.07. The van der Waals surface area contributed by atoms with Crippen molar-refractivity contribution >= 4 is 12.3 Å². The van der Waals surface area contributed by atoms with Crippen LogP contribution in [-0.4, -0.2) is 29.1 Å². The van der Waals surface area contributed by atoms with Crippen LogP contribution in [0.1, 0.15) is 0 Å². The number of rotatable bonds is 2. The van der Waals surface area contributed by atoms with Gasteiger partial charge in [0.25, 0.3) is 0 Å². The maximum absolute atomic E-state index is 9.83. The van der Waals surface area contributed by atoms with Gasteiger partial charge in [0.2, 0.25) is 0 Å². The van der Waals surface area contributed by atoms with E-state index < -0.39 is 6.03 Å². The second-order valence-electron chi connectivity index (χ2n) is 1.09. The molecule has 0 unspecified atom stereocenters. The molecule has 5 heteroatoms. The standard InChI is InChI=1S/C3H6N2O3/c4-3(7)5(8)1-2-6/h2,8H,1H2,(H2,4,7). The van der Waals surface area contributed by atoms with E-state index in [2.05, 4.69) is 5.73 Å². The van der Waals surface area contributed by atoms with Gasteiger partial charge in [0.1, 0.15) is 12.8 Å². The van der Waals surface area contributed by atoms with Crippen LogP contribution in [-0.2, 0) is 4.79 Å². The van der Waals surface area contributed by atoms with Gasteiger partial charge < -0.3 is 10.5 Å². The molecule has 46 valence electrons. The summed E-state index contributed by atoms with van der Waals surface area (Å²) in [4.78, 5) is 19.3. The first-order valence-corrected chi connectivity index (χ1v) is 1.88. The highest BCUT2D eigenvalue weighted by Crippen LogP contribution is 1.73. The molecule has 0 aromatic heterocycles. The molecule has 0 radical (unpaired) electrons. The molecule has 0 saturated heterocycles. The lowest BCUT2D eigenvalue weighted by Gasteiger charge is -2.04. The van der Waals surface area contributed by atoms with E-state index in [0.29, 0.717) is 6.29 Å². The van der Waals surface area contributed by atoms with Crippen molar-refractivity contribution in [3.05, 3.63) is 0 Å². The number of primary amides is 1. The Morgan fingerprint density at radius 3 is 2.50 bits per heavy atom. The molecular weight excluding hydrogens is 112 g/mol. The van der Waals surface area contributed by atoms with E-state index in [1.54, 1.807) is 0 Å². The third-order valence-electron chi connectivity index (χ3n) is 0.502. The number of nitrogens with zero attached hydrogens (tertiary/aromatic N) is 1.